The molecule has 1 aromatic carbocycles. The third-order valence-electron chi connectivity index (χ3n) is 2.87. The summed E-state index contributed by atoms with van der Waals surface area (Å²) in [6, 6.07) is 3.82. The van der Waals surface area contributed by atoms with E-state index in [-0.39, 0.29) is 0 Å². The maximum Gasteiger partial charge on any atom is 0.304 e. The molecule has 2 rings (SSSR count). The average molecular weight is 293 g/mol. The van der Waals surface area contributed by atoms with Crippen LogP contribution in [0, 0.1) is 15.9 Å². The predicted molar refractivity (Wildman–Crippen MR) is 74.2 cm³/mol. The third-order valence-corrected chi connectivity index (χ3v) is 2.87. The fourth-order valence-corrected chi connectivity index (χ4v) is 1.87. The topological polar surface area (TPSA) is 85.9 Å². The Balaban J connectivity index is 2.01. The largest absolute Gasteiger partial charge is 0.311 e. The molecule has 2 aromatic rings. The Bertz CT molecular complexity index is 629. The van der Waals surface area contributed by atoms with Gasteiger partial charge in [0.25, 0.3) is 0 Å². The molecule has 0 amide bonds. The van der Waals surface area contributed by atoms with E-state index in [1.165, 1.54) is 6.07 Å². The van der Waals surface area contributed by atoms with Gasteiger partial charge in [0, 0.05) is 12.6 Å². The maximum absolute atomic E-state index is 13.5. The summed E-state index contributed by atoms with van der Waals surface area (Å²) in [7, 11) is 0. The first-order chi connectivity index (χ1) is 10.1. The van der Waals surface area contributed by atoms with Gasteiger partial charge in [-0.3, -0.25) is 10.1 Å². The average Bonchev–Trinajstić information content (AvgIpc) is 2.86. The number of nitro groups is 1. The van der Waals surface area contributed by atoms with Crippen molar-refractivity contribution in [1.82, 2.24) is 20.3 Å². The van der Waals surface area contributed by atoms with E-state index in [4.69, 9.17) is 0 Å². The summed E-state index contributed by atoms with van der Waals surface area (Å²) in [4.78, 5) is 9.81. The summed E-state index contributed by atoms with van der Waals surface area (Å²) in [6.07, 6.45) is 2.80. The van der Waals surface area contributed by atoms with Gasteiger partial charge in [0.05, 0.1) is 23.4 Å². The van der Waals surface area contributed by atoms with Crippen molar-refractivity contribution < 1.29 is 9.31 Å². The van der Waals surface area contributed by atoms with E-state index >= 15 is 0 Å². The van der Waals surface area contributed by atoms with Gasteiger partial charge in [-0.1, -0.05) is 18.2 Å². The highest BCUT2D eigenvalue weighted by Crippen LogP contribution is 2.18. The molecule has 7 nitrogen and oxygen atoms in total. The number of hydrogen-bond donors (Lipinski definition) is 1. The molecule has 21 heavy (non-hydrogen) atoms. The van der Waals surface area contributed by atoms with E-state index in [9.17, 15) is 14.5 Å². The summed E-state index contributed by atoms with van der Waals surface area (Å²) < 4.78 is 15.1. The SMILES string of the molecule is CCCNCc1cn(Cc2ccc([N+](=O)[O-])c(F)c2)nn1. The Morgan fingerprint density at radius 1 is 1.48 bits per heavy atom. The Morgan fingerprint density at radius 2 is 2.29 bits per heavy atom. The zero-order chi connectivity index (χ0) is 15.2. The van der Waals surface area contributed by atoms with Crippen LogP contribution in [0.2, 0.25) is 0 Å². The van der Waals surface area contributed by atoms with Gasteiger partial charge in [-0.05, 0) is 24.6 Å². The molecule has 0 spiro atoms. The number of nitrogens with one attached hydrogen (secondary N) is 1. The third kappa shape index (κ3) is 4.06. The van der Waals surface area contributed by atoms with Crippen molar-refractivity contribution in [2.24, 2.45) is 0 Å². The number of benzene rings is 1. The molecule has 1 heterocycles. The van der Waals surface area contributed by atoms with Crippen LogP contribution in [-0.4, -0.2) is 26.5 Å². The van der Waals surface area contributed by atoms with Gasteiger partial charge in [-0.25, -0.2) is 4.68 Å². The zero-order valence-electron chi connectivity index (χ0n) is 11.6. The second kappa shape index (κ2) is 6.89. The molecular weight excluding hydrogens is 277 g/mol. The minimum Gasteiger partial charge on any atom is -0.311 e. The summed E-state index contributed by atoms with van der Waals surface area (Å²) >= 11 is 0. The van der Waals surface area contributed by atoms with Crippen LogP contribution in [0.5, 0.6) is 0 Å². The Labute approximate surface area is 120 Å². The molecule has 0 fully saturated rings. The lowest BCUT2D eigenvalue weighted by Gasteiger charge is -2.01. The van der Waals surface area contributed by atoms with Crippen LogP contribution in [0.3, 0.4) is 0 Å². The summed E-state index contributed by atoms with van der Waals surface area (Å²) in [5.41, 5.74) is 0.865. The van der Waals surface area contributed by atoms with Crippen molar-refractivity contribution in [2.45, 2.75) is 26.4 Å². The smallest absolute Gasteiger partial charge is 0.304 e. The summed E-state index contributed by atoms with van der Waals surface area (Å²) in [6.45, 7) is 3.92. The molecular formula is C13H16FN5O2. The van der Waals surface area contributed by atoms with Crippen molar-refractivity contribution in [3.05, 3.63) is 51.6 Å². The molecule has 1 aromatic heterocycles. The van der Waals surface area contributed by atoms with Gasteiger partial charge in [0.1, 0.15) is 0 Å². The highest BCUT2D eigenvalue weighted by molar-refractivity contribution is 5.35. The zero-order valence-corrected chi connectivity index (χ0v) is 11.6. The first-order valence-corrected chi connectivity index (χ1v) is 6.62. The quantitative estimate of drug-likeness (QED) is 0.478. The van der Waals surface area contributed by atoms with Gasteiger partial charge in [0.2, 0.25) is 5.82 Å². The highest BCUT2D eigenvalue weighted by Gasteiger charge is 2.14. The molecule has 0 atom stereocenters. The lowest BCUT2D eigenvalue weighted by atomic mass is 10.2. The second-order valence-electron chi connectivity index (χ2n) is 4.63. The molecule has 112 valence electrons. The van der Waals surface area contributed by atoms with E-state index in [1.807, 2.05) is 0 Å². The van der Waals surface area contributed by atoms with Crippen molar-refractivity contribution >= 4 is 5.69 Å². The standard InChI is InChI=1S/C13H16FN5O2/c1-2-5-15-7-11-9-18(17-16-11)8-10-3-4-13(19(20)21)12(14)6-10/h3-4,6,9,15H,2,5,7-8H2,1H3. The van der Waals surface area contributed by atoms with Crippen molar-refractivity contribution in [3.8, 4) is 0 Å². The number of hydrogen-bond acceptors (Lipinski definition) is 5. The maximum atomic E-state index is 13.5. The van der Waals surface area contributed by atoms with Crippen LogP contribution in [-0.2, 0) is 13.1 Å². The van der Waals surface area contributed by atoms with Crippen LogP contribution in [0.15, 0.2) is 24.4 Å². The van der Waals surface area contributed by atoms with E-state index in [1.54, 1.807) is 10.9 Å². The van der Waals surface area contributed by atoms with Gasteiger partial charge < -0.3 is 5.32 Å². The van der Waals surface area contributed by atoms with E-state index in [0.717, 1.165) is 30.8 Å². The van der Waals surface area contributed by atoms with E-state index < -0.39 is 16.4 Å². The van der Waals surface area contributed by atoms with Gasteiger partial charge in [-0.15, -0.1) is 5.10 Å². The lowest BCUT2D eigenvalue weighted by Crippen LogP contribution is -2.13. The van der Waals surface area contributed by atoms with Crippen LogP contribution in [0.4, 0.5) is 10.1 Å². The molecule has 0 aliphatic rings. The van der Waals surface area contributed by atoms with Gasteiger partial charge in [-0.2, -0.15) is 4.39 Å². The molecule has 0 saturated heterocycles. The molecule has 0 saturated carbocycles. The highest BCUT2D eigenvalue weighted by atomic mass is 19.1. The minimum atomic E-state index is -0.845. The fraction of sp³-hybridized carbons (Fsp3) is 0.385. The molecule has 0 aliphatic carbocycles. The molecule has 0 bridgehead atoms. The first-order valence-electron chi connectivity index (χ1n) is 6.62. The second-order valence-corrected chi connectivity index (χ2v) is 4.63. The Morgan fingerprint density at radius 3 is 2.95 bits per heavy atom. The summed E-state index contributed by atoms with van der Waals surface area (Å²) in [5.74, 6) is -0.845. The molecule has 0 aliphatic heterocycles. The number of rotatable bonds is 7. The van der Waals surface area contributed by atoms with Gasteiger partial charge in [0.15, 0.2) is 0 Å². The monoisotopic (exact) mass is 293 g/mol. The number of halogens is 1. The normalized spacial score (nSPS) is 10.8. The van der Waals surface area contributed by atoms with Crippen molar-refractivity contribution in [1.29, 1.82) is 0 Å². The Kier molecular flexibility index (Phi) is 4.94. The van der Waals surface area contributed by atoms with E-state index in [0.29, 0.717) is 18.7 Å². The first kappa shape index (κ1) is 15.0. The lowest BCUT2D eigenvalue weighted by molar-refractivity contribution is -0.387. The number of nitrogens with zero attached hydrogens (tertiary/aromatic N) is 4. The van der Waals surface area contributed by atoms with Crippen LogP contribution in [0.25, 0.3) is 0 Å². The predicted octanol–water partition coefficient (Wildman–Crippen LogP) is 1.87. The molecule has 8 heteroatoms. The van der Waals surface area contributed by atoms with Crippen molar-refractivity contribution in [2.75, 3.05) is 6.54 Å². The van der Waals surface area contributed by atoms with Crippen LogP contribution in [0.1, 0.15) is 24.6 Å². The van der Waals surface area contributed by atoms with E-state index in [2.05, 4.69) is 22.6 Å². The fourth-order valence-electron chi connectivity index (χ4n) is 1.87. The number of nitro benzene ring substituents is 1. The van der Waals surface area contributed by atoms with Crippen molar-refractivity contribution in [3.63, 3.8) is 0 Å². The van der Waals surface area contributed by atoms with Crippen LogP contribution < -0.4 is 5.32 Å². The minimum absolute atomic E-state index is 0.315. The Hall–Kier alpha value is -2.35. The molecule has 1 N–H and O–H groups in total. The molecule has 0 unspecified atom stereocenters. The summed E-state index contributed by atoms with van der Waals surface area (Å²) in [5, 5.41) is 21.7. The molecule has 0 radical (unpaired) electrons. The van der Waals surface area contributed by atoms with Crippen LogP contribution >= 0.6 is 0 Å². The van der Waals surface area contributed by atoms with Gasteiger partial charge >= 0.3 is 5.69 Å². The number of aromatic nitrogens is 3.